The number of hydrogen-bond acceptors (Lipinski definition) is 11. The molecule has 0 unspecified atom stereocenters. The van der Waals surface area contributed by atoms with Gasteiger partial charge in [0.15, 0.2) is 28.8 Å². The molecule has 0 saturated heterocycles. The van der Waals surface area contributed by atoms with Crippen molar-refractivity contribution in [3.63, 3.8) is 0 Å². The number of allylic oxidation sites excluding steroid dienone is 4. The van der Waals surface area contributed by atoms with Crippen molar-refractivity contribution in [2.24, 2.45) is 0 Å². The number of hydrogen-bond donors (Lipinski definition) is 0. The summed E-state index contributed by atoms with van der Waals surface area (Å²) in [5.41, 5.74) is 9.84. The molecular weight excluding hydrogens is 1060 g/mol. The van der Waals surface area contributed by atoms with Gasteiger partial charge in [-0.2, -0.15) is 0 Å². The molecule has 5 aliphatic rings. The normalized spacial score (nSPS) is 17.8. The number of carbonyl (C=O) groups is 3. The lowest BCUT2D eigenvalue weighted by molar-refractivity contribution is -0.287. The SMILES string of the molecule is CC1=CC(=O)CC=C1c1nc(CC(=O)C2(c3ccc4c(c3)OC(F)(F)O4)CC2)cc(C)c1C.COc1cc(C)c(-c2nc(CC(=O)C3(c4ccc5c(c4)OC(F)(F)O5)CC3)cc(C)c2C)cn1.C[Si](C)(C)I. The van der Waals surface area contributed by atoms with Gasteiger partial charge in [-0.25, -0.2) is 4.98 Å². The molecule has 2 aromatic carbocycles. The van der Waals surface area contributed by atoms with E-state index in [1.807, 2.05) is 65.8 Å². The summed E-state index contributed by atoms with van der Waals surface area (Å²) in [7, 11) is 1.57. The number of alkyl halides is 4. The standard InChI is InChI=1S/C26H24F2N2O4.C26H23F2NO4.C3H9ISi/c1-14-9-18(30-24(16(14)3)19-13-29-23(32-4)10-15(19)2)12-22(31)25(7-8-25)17-5-6-20-21(11-17)34-26(27,28)33-20;1-14-10-18(29-24(16(14)3)20-6-5-19(30)11-15(20)2)13-23(31)25(8-9-25)17-4-7-21-22(12-17)33-26(27,28)32-21;1-5(2,3)4/h5-6,9-11,13H,7-8,12H2,1-4H3;4,6-7,10-12H,5,8-9,13H2,1-3H3;1-3H3. The van der Waals surface area contributed by atoms with Gasteiger partial charge in [0.05, 0.1) is 29.3 Å². The molecular formula is C55H56F4IN3O8Si. The molecule has 0 spiro atoms. The van der Waals surface area contributed by atoms with Crippen molar-refractivity contribution in [1.29, 1.82) is 0 Å². The van der Waals surface area contributed by atoms with Gasteiger partial charge in [0, 0.05) is 48.5 Å². The van der Waals surface area contributed by atoms with Crippen LogP contribution >= 0.6 is 21.8 Å². The molecule has 5 aromatic rings. The zero-order valence-electron chi connectivity index (χ0n) is 41.9. The highest BCUT2D eigenvalue weighted by molar-refractivity contribution is 14.1. The van der Waals surface area contributed by atoms with Gasteiger partial charge in [-0.1, -0.05) is 37.8 Å². The summed E-state index contributed by atoms with van der Waals surface area (Å²) < 4.78 is 76.9. The van der Waals surface area contributed by atoms with Crippen molar-refractivity contribution in [3.05, 3.63) is 135 Å². The Morgan fingerprint density at radius 2 is 1.11 bits per heavy atom. The molecule has 378 valence electrons. The monoisotopic (exact) mass is 1120 g/mol. The number of methoxy groups -OCH3 is 1. The number of rotatable bonds is 11. The number of pyridine rings is 3. The molecule has 5 heterocycles. The summed E-state index contributed by atoms with van der Waals surface area (Å²) in [5, 5.41) is 0. The molecule has 11 nitrogen and oxygen atoms in total. The lowest BCUT2D eigenvalue weighted by Crippen LogP contribution is -2.26. The average molecular weight is 1120 g/mol. The van der Waals surface area contributed by atoms with Crippen molar-refractivity contribution in [2.75, 3.05) is 7.11 Å². The van der Waals surface area contributed by atoms with Crippen molar-refractivity contribution in [1.82, 2.24) is 15.0 Å². The summed E-state index contributed by atoms with van der Waals surface area (Å²) in [4.78, 5) is 52.5. The van der Waals surface area contributed by atoms with Crippen LogP contribution in [0.4, 0.5) is 17.6 Å². The number of ether oxygens (including phenoxy) is 5. The Balaban J connectivity index is 0.000000176. The smallest absolute Gasteiger partial charge is 0.481 e. The fraction of sp³-hybridized carbons (Fsp3) is 0.382. The van der Waals surface area contributed by atoms with E-state index >= 15 is 0 Å². The van der Waals surface area contributed by atoms with Gasteiger partial charge < -0.3 is 23.7 Å². The van der Waals surface area contributed by atoms with E-state index in [0.29, 0.717) is 60.5 Å². The van der Waals surface area contributed by atoms with E-state index in [1.165, 1.54) is 24.3 Å². The van der Waals surface area contributed by atoms with Crippen LogP contribution in [0.1, 0.15) is 95.1 Å². The molecule has 3 aromatic heterocycles. The largest absolute Gasteiger partial charge is 0.586 e. The highest BCUT2D eigenvalue weighted by Crippen LogP contribution is 2.54. The van der Waals surface area contributed by atoms with Gasteiger partial charge >= 0.3 is 12.6 Å². The fourth-order valence-corrected chi connectivity index (χ4v) is 9.10. The lowest BCUT2D eigenvalue weighted by atomic mass is 9.87. The predicted molar refractivity (Wildman–Crippen MR) is 275 cm³/mol. The average Bonchev–Trinajstić information content (AvgIpc) is 4.21. The fourth-order valence-electron chi connectivity index (χ4n) is 9.10. The minimum atomic E-state index is -3.69. The van der Waals surface area contributed by atoms with Crippen LogP contribution < -0.4 is 23.7 Å². The minimum Gasteiger partial charge on any atom is -0.481 e. The second-order valence-corrected chi connectivity index (χ2v) is 33.9. The first-order valence-corrected chi connectivity index (χ1v) is 30.2. The number of ketones is 3. The van der Waals surface area contributed by atoms with Crippen LogP contribution in [0.15, 0.2) is 78.5 Å². The molecule has 0 atom stereocenters. The molecule has 3 aliphatic carbocycles. The lowest BCUT2D eigenvalue weighted by Gasteiger charge is -2.18. The number of nitrogens with zero attached hydrogens (tertiary/aromatic N) is 3. The first-order chi connectivity index (χ1) is 33.7. The Morgan fingerprint density at radius 1 is 0.667 bits per heavy atom. The van der Waals surface area contributed by atoms with Crippen LogP contribution in [0, 0.1) is 34.6 Å². The third-order valence-electron chi connectivity index (χ3n) is 13.4. The summed E-state index contributed by atoms with van der Waals surface area (Å²) in [6, 6.07) is 14.9. The van der Waals surface area contributed by atoms with E-state index < -0.39 is 29.0 Å². The molecule has 0 N–H and O–H groups in total. The summed E-state index contributed by atoms with van der Waals surface area (Å²) in [6.07, 6.45) is 1.10. The molecule has 10 rings (SSSR count). The van der Waals surface area contributed by atoms with E-state index in [0.717, 1.165) is 55.9 Å². The molecule has 2 aliphatic heterocycles. The summed E-state index contributed by atoms with van der Waals surface area (Å²) in [5.74, 6) is 0.434. The summed E-state index contributed by atoms with van der Waals surface area (Å²) in [6.45, 7) is 18.7. The predicted octanol–water partition coefficient (Wildman–Crippen LogP) is 12.7. The maximum Gasteiger partial charge on any atom is 0.586 e. The molecule has 72 heavy (non-hydrogen) atoms. The zero-order chi connectivity index (χ0) is 52.3. The third-order valence-corrected chi connectivity index (χ3v) is 13.4. The van der Waals surface area contributed by atoms with Crippen molar-refractivity contribution < 1.29 is 55.6 Å². The van der Waals surface area contributed by atoms with Gasteiger partial charge in [-0.3, -0.25) is 24.4 Å². The molecule has 0 radical (unpaired) electrons. The Kier molecular flexibility index (Phi) is 14.2. The highest BCUT2D eigenvalue weighted by atomic mass is 127. The Bertz CT molecular complexity index is 3100. The molecule has 0 bridgehead atoms. The maximum absolute atomic E-state index is 13.4. The molecule has 0 amide bonds. The van der Waals surface area contributed by atoms with E-state index in [-0.39, 0.29) is 53.2 Å². The van der Waals surface area contributed by atoms with Gasteiger partial charge in [-0.15, -0.1) is 39.4 Å². The van der Waals surface area contributed by atoms with Gasteiger partial charge in [0.25, 0.3) is 0 Å². The number of aryl methyl sites for hydroxylation is 3. The number of Topliss-reactive ketones (excluding diaryl/α,β-unsaturated/α-hetero) is 2. The first kappa shape index (κ1) is 52.4. The number of carbonyl (C=O) groups excluding carboxylic acids is 3. The van der Waals surface area contributed by atoms with Gasteiger partial charge in [-0.05, 0) is 160 Å². The molecule has 2 saturated carbocycles. The quantitative estimate of drug-likeness (QED) is 0.0541. The van der Waals surface area contributed by atoms with Crippen LogP contribution in [0.3, 0.4) is 0 Å². The second-order valence-electron chi connectivity index (χ2n) is 20.1. The van der Waals surface area contributed by atoms with Crippen LogP contribution in [-0.2, 0) is 38.1 Å². The number of benzene rings is 2. The topological polar surface area (TPSA) is 136 Å². The zero-order valence-corrected chi connectivity index (χ0v) is 45.0. The van der Waals surface area contributed by atoms with Crippen LogP contribution in [0.5, 0.6) is 28.9 Å². The number of fused-ring (bicyclic) bond motifs is 2. The van der Waals surface area contributed by atoms with Gasteiger partial charge in [0.2, 0.25) is 5.88 Å². The van der Waals surface area contributed by atoms with E-state index in [2.05, 4.69) is 65.4 Å². The number of aromatic nitrogens is 3. The van der Waals surface area contributed by atoms with Crippen LogP contribution in [0.2, 0.25) is 19.6 Å². The maximum atomic E-state index is 13.4. The van der Waals surface area contributed by atoms with E-state index in [4.69, 9.17) is 14.7 Å². The van der Waals surface area contributed by atoms with Crippen molar-refractivity contribution in [2.45, 2.75) is 130 Å². The second kappa shape index (κ2) is 19.5. The Labute approximate surface area is 430 Å². The Hall–Kier alpha value is -5.95. The van der Waals surface area contributed by atoms with Crippen LogP contribution in [-0.4, -0.2) is 57.6 Å². The summed E-state index contributed by atoms with van der Waals surface area (Å²) >= 11 is 2.52. The Morgan fingerprint density at radius 3 is 1.54 bits per heavy atom. The van der Waals surface area contributed by atoms with Gasteiger partial charge in [0.1, 0.15) is 17.1 Å². The van der Waals surface area contributed by atoms with Crippen LogP contribution in [0.25, 0.3) is 16.8 Å². The van der Waals surface area contributed by atoms with E-state index in [1.54, 1.807) is 31.5 Å². The highest BCUT2D eigenvalue weighted by Gasteiger charge is 2.53. The third kappa shape index (κ3) is 11.3. The molecule has 17 heteroatoms. The minimum absolute atomic E-state index is 0.00408. The van der Waals surface area contributed by atoms with E-state index in [9.17, 15) is 31.9 Å². The van der Waals surface area contributed by atoms with Crippen molar-refractivity contribution in [3.8, 4) is 40.1 Å². The number of halogens is 5. The molecule has 2 fully saturated rings. The first-order valence-electron chi connectivity index (χ1n) is 23.6. The van der Waals surface area contributed by atoms with Crippen molar-refractivity contribution >= 4 is 50.3 Å².